The van der Waals surface area contributed by atoms with Gasteiger partial charge >= 0.3 is 0 Å². The number of nitrogens with one attached hydrogen (secondary N) is 1. The molecule has 0 bridgehead atoms. The van der Waals surface area contributed by atoms with Crippen LogP contribution < -0.4 is 15.9 Å². The summed E-state index contributed by atoms with van der Waals surface area (Å²) in [5.74, 6) is 7.55. The Labute approximate surface area is 168 Å². The molecule has 7 nitrogen and oxygen atoms in total. The zero-order valence-corrected chi connectivity index (χ0v) is 16.7. The van der Waals surface area contributed by atoms with Crippen molar-refractivity contribution in [1.29, 1.82) is 0 Å². The number of hydrogen-bond acceptors (Lipinski definition) is 6. The molecule has 3 rings (SSSR count). The van der Waals surface area contributed by atoms with Gasteiger partial charge in [0.15, 0.2) is 5.82 Å². The fourth-order valence-corrected chi connectivity index (χ4v) is 3.21. The highest BCUT2D eigenvalue weighted by atomic mass is 32.2. The van der Waals surface area contributed by atoms with Crippen LogP contribution in [0.1, 0.15) is 18.1 Å². The lowest BCUT2D eigenvalue weighted by Crippen LogP contribution is -2.25. The van der Waals surface area contributed by atoms with E-state index in [4.69, 9.17) is 10.6 Å². The van der Waals surface area contributed by atoms with Crippen LogP contribution in [0.3, 0.4) is 0 Å². The van der Waals surface area contributed by atoms with E-state index in [1.807, 2.05) is 62.4 Å². The number of hydrogen-bond donors (Lipinski definition) is 2. The van der Waals surface area contributed by atoms with Gasteiger partial charge in [0.1, 0.15) is 5.75 Å². The molecule has 0 saturated heterocycles. The zero-order valence-electron chi connectivity index (χ0n) is 15.9. The van der Waals surface area contributed by atoms with Crippen molar-refractivity contribution in [2.75, 3.05) is 18.2 Å². The van der Waals surface area contributed by atoms with Gasteiger partial charge in [0, 0.05) is 12.1 Å². The highest BCUT2D eigenvalue weighted by Crippen LogP contribution is 2.23. The van der Waals surface area contributed by atoms with E-state index in [9.17, 15) is 4.79 Å². The molecule has 0 saturated carbocycles. The van der Waals surface area contributed by atoms with Crippen LogP contribution in [0.15, 0.2) is 53.7 Å². The van der Waals surface area contributed by atoms with E-state index in [1.54, 1.807) is 0 Å². The van der Waals surface area contributed by atoms with Gasteiger partial charge in [0.25, 0.3) is 0 Å². The second-order valence-corrected chi connectivity index (χ2v) is 7.13. The third-order valence-electron chi connectivity index (χ3n) is 4.03. The fourth-order valence-electron chi connectivity index (χ4n) is 2.53. The standard InChI is InChI=1S/C20H23N5O2S/c1-3-27-17-10-8-16(9-11-17)19-23-24-20(25(19)21)28-13-18(26)22-12-15-6-4-14(2)5-7-15/h4-11H,3,12-13,21H2,1-2H3,(H,22,26). The first kappa shape index (κ1) is 19.8. The molecule has 0 radical (unpaired) electrons. The van der Waals surface area contributed by atoms with E-state index >= 15 is 0 Å². The molecule has 0 spiro atoms. The van der Waals surface area contributed by atoms with Gasteiger partial charge in [-0.05, 0) is 43.7 Å². The molecule has 28 heavy (non-hydrogen) atoms. The third-order valence-corrected chi connectivity index (χ3v) is 4.97. The maximum Gasteiger partial charge on any atom is 0.230 e. The number of carbonyl (C=O) groups is 1. The minimum Gasteiger partial charge on any atom is -0.494 e. The smallest absolute Gasteiger partial charge is 0.230 e. The van der Waals surface area contributed by atoms with Crippen LogP contribution in [0.2, 0.25) is 0 Å². The summed E-state index contributed by atoms with van der Waals surface area (Å²) in [6, 6.07) is 15.5. The van der Waals surface area contributed by atoms with Crippen molar-refractivity contribution in [2.45, 2.75) is 25.5 Å². The molecule has 146 valence electrons. The Kier molecular flexibility index (Phi) is 6.54. The quantitative estimate of drug-likeness (QED) is 0.448. The number of thioether (sulfide) groups is 1. The molecular formula is C20H23N5O2S. The topological polar surface area (TPSA) is 95.1 Å². The number of carbonyl (C=O) groups excluding carboxylic acids is 1. The van der Waals surface area contributed by atoms with Crippen LogP contribution >= 0.6 is 11.8 Å². The molecule has 3 aromatic rings. The van der Waals surface area contributed by atoms with Crippen molar-refractivity contribution in [2.24, 2.45) is 0 Å². The van der Waals surface area contributed by atoms with E-state index < -0.39 is 0 Å². The Bertz CT molecular complexity index is 923. The molecule has 2 aromatic carbocycles. The van der Waals surface area contributed by atoms with Crippen LogP contribution in [0.25, 0.3) is 11.4 Å². The number of amides is 1. The first-order valence-electron chi connectivity index (χ1n) is 8.95. The predicted octanol–water partition coefficient (Wildman–Crippen LogP) is 2.77. The molecule has 1 amide bonds. The van der Waals surface area contributed by atoms with Gasteiger partial charge in [-0.3, -0.25) is 4.79 Å². The summed E-state index contributed by atoms with van der Waals surface area (Å²) in [4.78, 5) is 12.1. The highest BCUT2D eigenvalue weighted by Gasteiger charge is 2.14. The summed E-state index contributed by atoms with van der Waals surface area (Å²) in [5, 5.41) is 11.6. The summed E-state index contributed by atoms with van der Waals surface area (Å²) >= 11 is 1.25. The second-order valence-electron chi connectivity index (χ2n) is 6.18. The number of ether oxygens (including phenoxy) is 1. The number of rotatable bonds is 8. The van der Waals surface area contributed by atoms with E-state index in [0.717, 1.165) is 16.9 Å². The summed E-state index contributed by atoms with van der Waals surface area (Å²) in [5.41, 5.74) is 3.08. The van der Waals surface area contributed by atoms with Crippen LogP contribution in [0.4, 0.5) is 0 Å². The number of aromatic nitrogens is 3. The van der Waals surface area contributed by atoms with Gasteiger partial charge < -0.3 is 15.9 Å². The van der Waals surface area contributed by atoms with Crippen molar-refractivity contribution >= 4 is 17.7 Å². The Hall–Kier alpha value is -3.00. The molecule has 0 unspecified atom stereocenters. The lowest BCUT2D eigenvalue weighted by Gasteiger charge is -2.07. The fraction of sp³-hybridized carbons (Fsp3) is 0.250. The molecule has 1 heterocycles. The molecule has 0 atom stereocenters. The van der Waals surface area contributed by atoms with Gasteiger partial charge in [-0.15, -0.1) is 10.2 Å². The summed E-state index contributed by atoms with van der Waals surface area (Å²) in [6.07, 6.45) is 0. The zero-order chi connectivity index (χ0) is 19.9. The average Bonchev–Trinajstić information content (AvgIpc) is 3.07. The minimum atomic E-state index is -0.0869. The first-order chi connectivity index (χ1) is 13.6. The molecule has 0 fully saturated rings. The molecule has 0 aliphatic rings. The monoisotopic (exact) mass is 397 g/mol. The third kappa shape index (κ3) is 5.04. The second kappa shape index (κ2) is 9.27. The van der Waals surface area contributed by atoms with Crippen molar-refractivity contribution in [3.05, 3.63) is 59.7 Å². The van der Waals surface area contributed by atoms with Gasteiger partial charge in [0.2, 0.25) is 11.1 Å². The average molecular weight is 398 g/mol. The van der Waals surface area contributed by atoms with Gasteiger partial charge in [-0.25, -0.2) is 4.68 Å². The lowest BCUT2D eigenvalue weighted by molar-refractivity contribution is -0.118. The van der Waals surface area contributed by atoms with Gasteiger partial charge in [0.05, 0.1) is 12.4 Å². The van der Waals surface area contributed by atoms with Gasteiger partial charge in [-0.2, -0.15) is 0 Å². The van der Waals surface area contributed by atoms with E-state index in [0.29, 0.717) is 24.1 Å². The summed E-state index contributed by atoms with van der Waals surface area (Å²) in [7, 11) is 0. The summed E-state index contributed by atoms with van der Waals surface area (Å²) < 4.78 is 6.83. The Balaban J connectivity index is 1.55. The van der Waals surface area contributed by atoms with Crippen LogP contribution in [-0.2, 0) is 11.3 Å². The highest BCUT2D eigenvalue weighted by molar-refractivity contribution is 7.99. The SMILES string of the molecule is CCOc1ccc(-c2nnc(SCC(=O)NCc3ccc(C)cc3)n2N)cc1. The van der Waals surface area contributed by atoms with Crippen LogP contribution in [0, 0.1) is 6.92 Å². The van der Waals surface area contributed by atoms with Crippen molar-refractivity contribution < 1.29 is 9.53 Å². The maximum atomic E-state index is 12.1. The largest absolute Gasteiger partial charge is 0.494 e. The molecular weight excluding hydrogens is 374 g/mol. The predicted molar refractivity (Wildman–Crippen MR) is 111 cm³/mol. The minimum absolute atomic E-state index is 0.0869. The van der Waals surface area contributed by atoms with Crippen LogP contribution in [0.5, 0.6) is 5.75 Å². The maximum absolute atomic E-state index is 12.1. The summed E-state index contributed by atoms with van der Waals surface area (Å²) in [6.45, 7) is 5.07. The molecule has 0 aliphatic heterocycles. The van der Waals surface area contributed by atoms with E-state index in [2.05, 4.69) is 15.5 Å². The number of benzene rings is 2. The molecule has 0 aliphatic carbocycles. The van der Waals surface area contributed by atoms with Crippen LogP contribution in [-0.4, -0.2) is 33.1 Å². The molecule has 1 aromatic heterocycles. The Morgan fingerprint density at radius 2 is 1.86 bits per heavy atom. The van der Waals surface area contributed by atoms with E-state index in [1.165, 1.54) is 22.0 Å². The van der Waals surface area contributed by atoms with Gasteiger partial charge in [-0.1, -0.05) is 41.6 Å². The van der Waals surface area contributed by atoms with Crippen molar-refractivity contribution in [3.8, 4) is 17.1 Å². The number of aryl methyl sites for hydroxylation is 1. The number of nitrogen functional groups attached to an aromatic ring is 1. The van der Waals surface area contributed by atoms with E-state index in [-0.39, 0.29) is 11.7 Å². The molecule has 3 N–H and O–H groups in total. The number of nitrogens with zero attached hydrogens (tertiary/aromatic N) is 3. The Morgan fingerprint density at radius 1 is 1.14 bits per heavy atom. The lowest BCUT2D eigenvalue weighted by atomic mass is 10.1. The number of nitrogens with two attached hydrogens (primary N) is 1. The van der Waals surface area contributed by atoms with Crippen molar-refractivity contribution in [3.63, 3.8) is 0 Å². The van der Waals surface area contributed by atoms with Crippen molar-refractivity contribution in [1.82, 2.24) is 20.2 Å². The normalized spacial score (nSPS) is 10.6. The Morgan fingerprint density at radius 3 is 2.54 bits per heavy atom. The molecule has 8 heteroatoms. The first-order valence-corrected chi connectivity index (χ1v) is 9.94.